The number of aromatic nitrogens is 1. The van der Waals surface area contributed by atoms with E-state index in [4.69, 9.17) is 0 Å². The van der Waals surface area contributed by atoms with Gasteiger partial charge in [0, 0.05) is 18.1 Å². The number of pyridine rings is 1. The molecular weight excluding hydrogens is 334 g/mol. The van der Waals surface area contributed by atoms with E-state index in [1.807, 2.05) is 19.1 Å². The van der Waals surface area contributed by atoms with Gasteiger partial charge < -0.3 is 10.2 Å². The number of carbonyl (C=O) groups excluding carboxylic acids is 2. The minimum atomic E-state index is -0.243. The molecular formula is C19H23N3O2S. The number of nitrogens with zero attached hydrogens (tertiary/aromatic N) is 2. The Morgan fingerprint density at radius 3 is 2.84 bits per heavy atom. The van der Waals surface area contributed by atoms with Crippen LogP contribution in [0.2, 0.25) is 0 Å². The van der Waals surface area contributed by atoms with Gasteiger partial charge in [-0.2, -0.15) is 0 Å². The van der Waals surface area contributed by atoms with Crippen LogP contribution in [-0.2, 0) is 17.6 Å². The normalized spacial score (nSPS) is 13.7. The molecule has 0 saturated heterocycles. The molecule has 5 nitrogen and oxygen atoms in total. The molecule has 2 aromatic heterocycles. The Labute approximate surface area is 152 Å². The zero-order chi connectivity index (χ0) is 17.8. The van der Waals surface area contributed by atoms with Gasteiger partial charge in [0.2, 0.25) is 5.91 Å². The van der Waals surface area contributed by atoms with E-state index >= 15 is 0 Å². The zero-order valence-corrected chi connectivity index (χ0v) is 15.5. The molecule has 2 heterocycles. The van der Waals surface area contributed by atoms with Crippen molar-refractivity contribution in [3.63, 3.8) is 0 Å². The number of rotatable bonds is 4. The topological polar surface area (TPSA) is 62.3 Å². The van der Waals surface area contributed by atoms with Gasteiger partial charge in [-0.25, -0.2) is 4.98 Å². The molecule has 6 heteroatoms. The monoisotopic (exact) mass is 357 g/mol. The van der Waals surface area contributed by atoms with Gasteiger partial charge in [-0.1, -0.05) is 6.42 Å². The molecule has 2 aromatic rings. The summed E-state index contributed by atoms with van der Waals surface area (Å²) in [6.07, 6.45) is 7.43. The van der Waals surface area contributed by atoms with Gasteiger partial charge in [-0.15, -0.1) is 11.3 Å². The summed E-state index contributed by atoms with van der Waals surface area (Å²) in [4.78, 5) is 32.4. The van der Waals surface area contributed by atoms with Crippen molar-refractivity contribution >= 4 is 29.0 Å². The number of hydrogen-bond acceptors (Lipinski definition) is 4. The maximum atomic E-state index is 12.6. The second-order valence-corrected chi connectivity index (χ2v) is 7.68. The largest absolute Gasteiger partial charge is 0.332 e. The number of anilines is 1. The van der Waals surface area contributed by atoms with Crippen molar-refractivity contribution in [1.82, 2.24) is 9.88 Å². The fourth-order valence-corrected chi connectivity index (χ4v) is 4.28. The first kappa shape index (κ1) is 17.6. The van der Waals surface area contributed by atoms with E-state index in [0.29, 0.717) is 5.82 Å². The Balaban J connectivity index is 1.61. The fraction of sp³-hybridized carbons (Fsp3) is 0.421. The maximum Gasteiger partial charge on any atom is 0.264 e. The number of fused-ring (bicyclic) bond motifs is 1. The van der Waals surface area contributed by atoms with Crippen LogP contribution in [0.5, 0.6) is 0 Å². The molecule has 1 aliphatic rings. The SMILES string of the molecule is Cc1ccnc(NC(=O)CN(C)C(=O)c2cc3c(s2)CCCCC3)c1. The predicted molar refractivity (Wildman–Crippen MR) is 100 cm³/mol. The third-order valence-electron chi connectivity index (χ3n) is 4.37. The fourth-order valence-electron chi connectivity index (χ4n) is 3.04. The van der Waals surface area contributed by atoms with Crippen molar-refractivity contribution in [2.75, 3.05) is 18.9 Å². The molecule has 0 unspecified atom stereocenters. The second kappa shape index (κ2) is 7.78. The summed E-state index contributed by atoms with van der Waals surface area (Å²) in [6.45, 7) is 1.95. The second-order valence-electron chi connectivity index (χ2n) is 6.55. The van der Waals surface area contributed by atoms with Crippen LogP contribution in [0.15, 0.2) is 24.4 Å². The highest BCUT2D eigenvalue weighted by molar-refractivity contribution is 7.14. The minimum Gasteiger partial charge on any atom is -0.332 e. The third kappa shape index (κ3) is 4.45. The maximum absolute atomic E-state index is 12.6. The molecule has 0 aliphatic heterocycles. The Morgan fingerprint density at radius 1 is 1.24 bits per heavy atom. The first-order valence-corrected chi connectivity index (χ1v) is 9.44. The van der Waals surface area contributed by atoms with Crippen LogP contribution in [0.25, 0.3) is 0 Å². The summed E-state index contributed by atoms with van der Waals surface area (Å²) >= 11 is 1.58. The lowest BCUT2D eigenvalue weighted by atomic mass is 10.1. The van der Waals surface area contributed by atoms with E-state index in [1.54, 1.807) is 30.6 Å². The average Bonchev–Trinajstić information content (AvgIpc) is 2.84. The van der Waals surface area contributed by atoms with E-state index < -0.39 is 0 Å². The molecule has 0 aromatic carbocycles. The van der Waals surface area contributed by atoms with Crippen molar-refractivity contribution in [2.45, 2.75) is 39.0 Å². The zero-order valence-electron chi connectivity index (χ0n) is 14.7. The molecule has 25 heavy (non-hydrogen) atoms. The standard InChI is InChI=1S/C19H23N3O2S/c1-13-8-9-20-17(10-13)21-18(23)12-22(2)19(24)16-11-14-6-4-3-5-7-15(14)25-16/h8-11H,3-7,12H2,1-2H3,(H,20,21,23). The number of nitrogens with one attached hydrogen (secondary N) is 1. The molecule has 0 bridgehead atoms. The number of thiophene rings is 1. The predicted octanol–water partition coefficient (Wildman–Crippen LogP) is 3.43. The van der Waals surface area contributed by atoms with Gasteiger partial charge >= 0.3 is 0 Å². The van der Waals surface area contributed by atoms with Crippen LogP contribution in [0, 0.1) is 6.92 Å². The number of carbonyl (C=O) groups is 2. The average molecular weight is 357 g/mol. The molecule has 0 saturated carbocycles. The Morgan fingerprint density at radius 2 is 2.04 bits per heavy atom. The molecule has 3 rings (SSSR count). The van der Waals surface area contributed by atoms with Crippen LogP contribution in [-0.4, -0.2) is 35.3 Å². The highest BCUT2D eigenvalue weighted by atomic mass is 32.1. The van der Waals surface area contributed by atoms with E-state index in [0.717, 1.165) is 23.3 Å². The van der Waals surface area contributed by atoms with Crippen LogP contribution in [0.3, 0.4) is 0 Å². The summed E-state index contributed by atoms with van der Waals surface area (Å²) < 4.78 is 0. The summed E-state index contributed by atoms with van der Waals surface area (Å²) in [5, 5.41) is 2.74. The van der Waals surface area contributed by atoms with Crippen molar-refractivity contribution in [2.24, 2.45) is 0 Å². The molecule has 0 fully saturated rings. The molecule has 0 spiro atoms. The van der Waals surface area contributed by atoms with Gasteiger partial charge in [-0.05, 0) is 61.9 Å². The van der Waals surface area contributed by atoms with Crippen LogP contribution in [0.4, 0.5) is 5.82 Å². The highest BCUT2D eigenvalue weighted by Gasteiger charge is 2.20. The van der Waals surface area contributed by atoms with Crippen LogP contribution < -0.4 is 5.32 Å². The van der Waals surface area contributed by atoms with Crippen molar-refractivity contribution < 1.29 is 9.59 Å². The lowest BCUT2D eigenvalue weighted by molar-refractivity contribution is -0.116. The van der Waals surface area contributed by atoms with E-state index in [1.165, 1.54) is 34.6 Å². The number of amides is 2. The smallest absolute Gasteiger partial charge is 0.264 e. The van der Waals surface area contributed by atoms with E-state index in [-0.39, 0.29) is 18.4 Å². The summed E-state index contributed by atoms with van der Waals surface area (Å²) in [5.41, 5.74) is 2.34. The van der Waals surface area contributed by atoms with Crippen molar-refractivity contribution in [1.29, 1.82) is 0 Å². The Bertz CT molecular complexity index is 761. The summed E-state index contributed by atoms with van der Waals surface area (Å²) in [6, 6.07) is 5.69. The van der Waals surface area contributed by atoms with Gasteiger partial charge in [-0.3, -0.25) is 9.59 Å². The quantitative estimate of drug-likeness (QED) is 0.853. The summed E-state index contributed by atoms with van der Waals surface area (Å²) in [5.74, 6) is 0.172. The lowest BCUT2D eigenvalue weighted by Crippen LogP contribution is -2.34. The molecule has 0 radical (unpaired) electrons. The van der Waals surface area contributed by atoms with E-state index in [2.05, 4.69) is 10.3 Å². The number of hydrogen-bond donors (Lipinski definition) is 1. The minimum absolute atomic E-state index is 0.0109. The van der Waals surface area contributed by atoms with Crippen molar-refractivity contribution in [3.8, 4) is 0 Å². The lowest BCUT2D eigenvalue weighted by Gasteiger charge is -2.15. The molecule has 1 aliphatic carbocycles. The molecule has 1 N–H and O–H groups in total. The Hall–Kier alpha value is -2.21. The Kier molecular flexibility index (Phi) is 5.48. The number of aryl methyl sites for hydroxylation is 3. The van der Waals surface area contributed by atoms with E-state index in [9.17, 15) is 9.59 Å². The molecule has 0 atom stereocenters. The number of likely N-dealkylation sites (N-methyl/N-ethyl adjacent to an activating group) is 1. The van der Waals surface area contributed by atoms with Crippen molar-refractivity contribution in [3.05, 3.63) is 45.3 Å². The molecule has 2 amide bonds. The summed E-state index contributed by atoms with van der Waals surface area (Å²) in [7, 11) is 1.66. The van der Waals surface area contributed by atoms with Crippen LogP contribution in [0.1, 0.15) is 44.9 Å². The third-order valence-corrected chi connectivity index (χ3v) is 5.59. The first-order valence-electron chi connectivity index (χ1n) is 8.62. The highest BCUT2D eigenvalue weighted by Crippen LogP contribution is 2.29. The first-order chi connectivity index (χ1) is 12.0. The van der Waals surface area contributed by atoms with Gasteiger partial charge in [0.05, 0.1) is 11.4 Å². The molecule has 132 valence electrons. The van der Waals surface area contributed by atoms with Gasteiger partial charge in [0.1, 0.15) is 5.82 Å². The van der Waals surface area contributed by atoms with Crippen LogP contribution >= 0.6 is 11.3 Å². The van der Waals surface area contributed by atoms with Gasteiger partial charge in [0.15, 0.2) is 0 Å². The van der Waals surface area contributed by atoms with Gasteiger partial charge in [0.25, 0.3) is 5.91 Å².